The highest BCUT2D eigenvalue weighted by Crippen LogP contribution is 2.51. The molecule has 3 heterocycles. The number of para-hydroxylation sites is 1. The second kappa shape index (κ2) is 8.54. The smallest absolute Gasteiger partial charge is 0.345 e. The maximum Gasteiger partial charge on any atom is 0.345 e. The predicted molar refractivity (Wildman–Crippen MR) is 147 cm³/mol. The van der Waals surface area contributed by atoms with Crippen molar-refractivity contribution in [1.82, 2.24) is 4.90 Å². The molecule has 1 atom stereocenters. The number of hydrogen-bond donors (Lipinski definition) is 0. The van der Waals surface area contributed by atoms with E-state index < -0.39 is 0 Å². The van der Waals surface area contributed by atoms with Crippen molar-refractivity contribution in [3.8, 4) is 0 Å². The third-order valence-electron chi connectivity index (χ3n) is 6.98. The Hall–Kier alpha value is -4.09. The molecular weight excluding hydrogens is 464 g/mol. The average Bonchev–Trinajstić information content (AvgIpc) is 3.52. The van der Waals surface area contributed by atoms with Gasteiger partial charge in [0.15, 0.2) is 5.17 Å². The second-order valence-corrected chi connectivity index (χ2v) is 9.97. The van der Waals surface area contributed by atoms with E-state index in [1.165, 1.54) is 22.3 Å². The number of nitrogens with zero attached hydrogens (tertiary/aromatic N) is 2. The molecule has 0 fully saturated rings. The first-order valence-electron chi connectivity index (χ1n) is 12.1. The van der Waals surface area contributed by atoms with Crippen molar-refractivity contribution in [2.75, 3.05) is 0 Å². The monoisotopic (exact) mass is 486 g/mol. The summed E-state index contributed by atoms with van der Waals surface area (Å²) in [5.41, 5.74) is 7.71. The largest absolute Gasteiger partial charge is 0.422 e. The standard InChI is InChI=1S/C31H22N2O2S/c34-30-25(18-22-13-7-8-14-27(22)35-30)26-19-36-31-32-28-23(17-20-9-3-1-4-10-20)15-16-24(28)29(33(26)31)21-11-5-2-6-12-21/h1-14,17-19,29H,15-16H2/b23-17+. The molecule has 1 aliphatic carbocycles. The van der Waals surface area contributed by atoms with Crippen LogP contribution in [-0.4, -0.2) is 10.1 Å². The molecule has 0 amide bonds. The first kappa shape index (κ1) is 21.2. The first-order chi connectivity index (χ1) is 17.8. The van der Waals surface area contributed by atoms with Gasteiger partial charge in [0, 0.05) is 10.8 Å². The topological polar surface area (TPSA) is 45.8 Å². The highest BCUT2D eigenvalue weighted by molar-refractivity contribution is 8.16. The molecule has 0 saturated heterocycles. The quantitative estimate of drug-likeness (QED) is 0.283. The highest BCUT2D eigenvalue weighted by Gasteiger charge is 2.41. The van der Waals surface area contributed by atoms with Gasteiger partial charge in [-0.2, -0.15) is 0 Å². The van der Waals surface area contributed by atoms with E-state index in [0.29, 0.717) is 11.1 Å². The van der Waals surface area contributed by atoms with Gasteiger partial charge < -0.3 is 9.32 Å². The maximum atomic E-state index is 13.1. The minimum absolute atomic E-state index is 0.0255. The van der Waals surface area contributed by atoms with Crippen molar-refractivity contribution in [3.05, 3.63) is 140 Å². The molecule has 7 rings (SSSR count). The molecular formula is C31H22N2O2S. The van der Waals surface area contributed by atoms with Gasteiger partial charge in [-0.1, -0.05) is 90.6 Å². The minimum atomic E-state index is -0.329. The summed E-state index contributed by atoms with van der Waals surface area (Å²) in [6, 6.07) is 30.5. The Kier molecular flexibility index (Phi) is 5.03. The van der Waals surface area contributed by atoms with Gasteiger partial charge in [-0.15, -0.1) is 0 Å². The molecule has 2 aliphatic heterocycles. The summed E-state index contributed by atoms with van der Waals surface area (Å²) in [5.74, 6) is 0. The molecule has 3 aromatic carbocycles. The molecule has 5 heteroatoms. The highest BCUT2D eigenvalue weighted by atomic mass is 32.2. The molecule has 0 radical (unpaired) electrons. The molecule has 174 valence electrons. The van der Waals surface area contributed by atoms with Gasteiger partial charge >= 0.3 is 5.63 Å². The molecule has 0 N–H and O–H groups in total. The van der Waals surface area contributed by atoms with E-state index in [9.17, 15) is 4.79 Å². The summed E-state index contributed by atoms with van der Waals surface area (Å²) in [5, 5.41) is 3.84. The van der Waals surface area contributed by atoms with E-state index in [1.54, 1.807) is 11.8 Å². The van der Waals surface area contributed by atoms with Crippen LogP contribution in [0.15, 0.2) is 127 Å². The van der Waals surface area contributed by atoms with Crippen LogP contribution in [0.1, 0.15) is 35.6 Å². The van der Waals surface area contributed by atoms with E-state index in [4.69, 9.17) is 9.41 Å². The Bertz CT molecular complexity index is 1680. The van der Waals surface area contributed by atoms with Crippen LogP contribution in [0.2, 0.25) is 0 Å². The average molecular weight is 487 g/mol. The Morgan fingerprint density at radius 1 is 0.917 bits per heavy atom. The van der Waals surface area contributed by atoms with Crippen molar-refractivity contribution >= 4 is 39.7 Å². The van der Waals surface area contributed by atoms with Crippen LogP contribution in [0, 0.1) is 0 Å². The van der Waals surface area contributed by atoms with E-state index >= 15 is 0 Å². The van der Waals surface area contributed by atoms with Crippen molar-refractivity contribution in [2.45, 2.75) is 18.9 Å². The van der Waals surface area contributed by atoms with Crippen LogP contribution in [0.4, 0.5) is 0 Å². The van der Waals surface area contributed by atoms with Crippen LogP contribution >= 0.6 is 11.8 Å². The fourth-order valence-electron chi connectivity index (χ4n) is 5.34. The van der Waals surface area contributed by atoms with Gasteiger partial charge in [-0.05, 0) is 53.3 Å². The molecule has 3 aliphatic rings. The summed E-state index contributed by atoms with van der Waals surface area (Å²) >= 11 is 1.57. The van der Waals surface area contributed by atoms with E-state index in [-0.39, 0.29) is 11.7 Å². The lowest BCUT2D eigenvalue weighted by Gasteiger charge is -2.36. The number of benzene rings is 3. The lowest BCUT2D eigenvalue weighted by atomic mass is 9.94. The fourth-order valence-corrected chi connectivity index (χ4v) is 6.26. The summed E-state index contributed by atoms with van der Waals surface area (Å²) in [6.45, 7) is 0. The van der Waals surface area contributed by atoms with E-state index in [2.05, 4.69) is 59.5 Å². The van der Waals surface area contributed by atoms with Crippen molar-refractivity contribution < 1.29 is 4.42 Å². The van der Waals surface area contributed by atoms with Crippen LogP contribution in [-0.2, 0) is 0 Å². The number of aliphatic imine (C=N–C) groups is 1. The third kappa shape index (κ3) is 3.47. The van der Waals surface area contributed by atoms with Gasteiger partial charge in [0.1, 0.15) is 5.58 Å². The Morgan fingerprint density at radius 2 is 1.67 bits per heavy atom. The summed E-state index contributed by atoms with van der Waals surface area (Å²) in [6.07, 6.45) is 4.15. The molecule has 1 unspecified atom stereocenters. The first-order valence-corrected chi connectivity index (χ1v) is 13.0. The van der Waals surface area contributed by atoms with Crippen molar-refractivity contribution in [3.63, 3.8) is 0 Å². The van der Waals surface area contributed by atoms with Gasteiger partial charge in [0.05, 0.1) is 23.0 Å². The zero-order valence-electron chi connectivity index (χ0n) is 19.4. The second-order valence-electron chi connectivity index (χ2n) is 9.14. The SMILES string of the molecule is O=c1oc2ccccc2cc1C1=CSC2=NC3=C(CC/C3=C\c3ccccc3)C(c3ccccc3)N12. The summed E-state index contributed by atoms with van der Waals surface area (Å²) in [4.78, 5) is 20.5. The number of amidine groups is 1. The molecule has 0 bridgehead atoms. The van der Waals surface area contributed by atoms with Gasteiger partial charge in [0.2, 0.25) is 0 Å². The number of allylic oxidation sites excluding steroid dienone is 1. The lowest BCUT2D eigenvalue weighted by Crippen LogP contribution is -2.34. The number of thioether (sulfide) groups is 1. The van der Waals surface area contributed by atoms with E-state index in [0.717, 1.165) is 34.8 Å². The van der Waals surface area contributed by atoms with Gasteiger partial charge in [-0.3, -0.25) is 0 Å². The van der Waals surface area contributed by atoms with Gasteiger partial charge in [0.25, 0.3) is 0 Å². The molecule has 1 aromatic heterocycles. The third-order valence-corrected chi connectivity index (χ3v) is 7.82. The fraction of sp³-hybridized carbons (Fsp3) is 0.0968. The van der Waals surface area contributed by atoms with Crippen LogP contribution in [0.5, 0.6) is 0 Å². The Balaban J connectivity index is 1.37. The Morgan fingerprint density at radius 3 is 2.50 bits per heavy atom. The molecule has 0 saturated carbocycles. The lowest BCUT2D eigenvalue weighted by molar-refractivity contribution is 0.472. The molecule has 4 nitrogen and oxygen atoms in total. The summed E-state index contributed by atoms with van der Waals surface area (Å²) in [7, 11) is 0. The predicted octanol–water partition coefficient (Wildman–Crippen LogP) is 7.38. The van der Waals surface area contributed by atoms with Crippen LogP contribution in [0.3, 0.4) is 0 Å². The van der Waals surface area contributed by atoms with Gasteiger partial charge in [-0.25, -0.2) is 9.79 Å². The summed E-state index contributed by atoms with van der Waals surface area (Å²) < 4.78 is 5.70. The number of hydrogen-bond acceptors (Lipinski definition) is 5. The zero-order valence-corrected chi connectivity index (χ0v) is 20.2. The molecule has 0 spiro atoms. The van der Waals surface area contributed by atoms with Crippen LogP contribution in [0.25, 0.3) is 22.7 Å². The number of rotatable bonds is 3. The Labute approximate surface area is 213 Å². The normalized spacial score (nSPS) is 19.9. The molecule has 4 aromatic rings. The maximum absolute atomic E-state index is 13.1. The van der Waals surface area contributed by atoms with E-state index in [1.807, 2.05) is 47.9 Å². The van der Waals surface area contributed by atoms with Crippen molar-refractivity contribution in [2.24, 2.45) is 4.99 Å². The van der Waals surface area contributed by atoms with Crippen molar-refractivity contribution in [1.29, 1.82) is 0 Å². The number of fused-ring (bicyclic) bond motifs is 2. The molecule has 36 heavy (non-hydrogen) atoms. The van der Waals surface area contributed by atoms with Crippen LogP contribution < -0.4 is 5.63 Å². The minimum Gasteiger partial charge on any atom is -0.422 e. The zero-order chi connectivity index (χ0) is 24.1.